The zero-order valence-electron chi connectivity index (χ0n) is 12.5. The number of rotatable bonds is 4. The van der Waals surface area contributed by atoms with Crippen LogP contribution in [0.5, 0.6) is 5.75 Å². The first kappa shape index (κ1) is 17.4. The number of ether oxygens (including phenoxy) is 1. The fraction of sp³-hybridized carbons (Fsp3) is 0.467. The molecule has 0 bridgehead atoms. The molecule has 1 aliphatic rings. The van der Waals surface area contributed by atoms with E-state index >= 15 is 0 Å². The Balaban J connectivity index is 1.67. The first-order valence-electron chi connectivity index (χ1n) is 7.48. The van der Waals surface area contributed by atoms with Gasteiger partial charge in [-0.05, 0) is 37.2 Å². The third-order valence-corrected chi connectivity index (χ3v) is 3.73. The summed E-state index contributed by atoms with van der Waals surface area (Å²) in [7, 11) is 0. The van der Waals surface area contributed by atoms with Crippen LogP contribution in [0.1, 0.15) is 32.1 Å². The number of thiocarbonyl (C=S) groups is 1. The third-order valence-electron chi connectivity index (χ3n) is 3.51. The van der Waals surface area contributed by atoms with E-state index in [2.05, 4.69) is 16.2 Å². The molecule has 1 fully saturated rings. The number of carbonyl (C=O) groups excluding carboxylic acids is 1. The lowest BCUT2D eigenvalue weighted by atomic mass is 9.96. The lowest BCUT2D eigenvalue weighted by molar-refractivity contribution is -0.123. The molecule has 0 aliphatic heterocycles. The van der Waals surface area contributed by atoms with Crippen LogP contribution in [-0.4, -0.2) is 23.7 Å². The minimum absolute atomic E-state index is 0.190. The van der Waals surface area contributed by atoms with Gasteiger partial charge in [0, 0.05) is 12.1 Å². The fourth-order valence-corrected chi connectivity index (χ4v) is 2.58. The van der Waals surface area contributed by atoms with E-state index < -0.39 is 24.1 Å². The molecule has 0 unspecified atom stereocenters. The zero-order valence-corrected chi connectivity index (χ0v) is 13.3. The molecule has 0 radical (unpaired) electrons. The molecule has 1 aliphatic carbocycles. The second-order valence-corrected chi connectivity index (χ2v) is 5.75. The molecule has 8 heteroatoms. The number of hydrazine groups is 1. The minimum Gasteiger partial charge on any atom is -0.481 e. The van der Waals surface area contributed by atoms with Crippen LogP contribution in [0.4, 0.5) is 8.78 Å². The van der Waals surface area contributed by atoms with Crippen molar-refractivity contribution in [2.45, 2.75) is 38.1 Å². The first-order valence-corrected chi connectivity index (χ1v) is 7.88. The summed E-state index contributed by atoms with van der Waals surface area (Å²) in [4.78, 5) is 11.6. The molecule has 1 amide bonds. The number of hydrogen-bond donors (Lipinski definition) is 3. The summed E-state index contributed by atoms with van der Waals surface area (Å²) in [6.45, 7) is -0.415. The van der Waals surface area contributed by atoms with Crippen LogP contribution in [0.3, 0.4) is 0 Å². The summed E-state index contributed by atoms with van der Waals surface area (Å²) in [5.74, 6) is -2.29. The van der Waals surface area contributed by atoms with Crippen molar-refractivity contribution in [3.8, 4) is 5.75 Å². The quantitative estimate of drug-likeness (QED) is 0.578. The molecule has 0 atom stereocenters. The Kier molecular flexibility index (Phi) is 6.52. The molecule has 1 aromatic carbocycles. The van der Waals surface area contributed by atoms with E-state index in [-0.39, 0.29) is 5.75 Å². The maximum atomic E-state index is 13.3. The fourth-order valence-electron chi connectivity index (χ4n) is 2.37. The monoisotopic (exact) mass is 343 g/mol. The molecular formula is C15H19F2N3O2S. The Labute approximate surface area is 138 Å². The Bertz CT molecular complexity index is 566. The van der Waals surface area contributed by atoms with Crippen molar-refractivity contribution >= 4 is 23.2 Å². The van der Waals surface area contributed by atoms with Crippen molar-refractivity contribution in [2.75, 3.05) is 6.61 Å². The Morgan fingerprint density at radius 3 is 2.65 bits per heavy atom. The molecule has 0 heterocycles. The maximum Gasteiger partial charge on any atom is 0.276 e. The van der Waals surface area contributed by atoms with Gasteiger partial charge in [0.1, 0.15) is 5.82 Å². The second-order valence-electron chi connectivity index (χ2n) is 5.34. The number of benzene rings is 1. The van der Waals surface area contributed by atoms with Gasteiger partial charge in [0.15, 0.2) is 23.3 Å². The predicted octanol–water partition coefficient (Wildman–Crippen LogP) is 2.17. The molecule has 0 aromatic heterocycles. The summed E-state index contributed by atoms with van der Waals surface area (Å²) in [6.07, 6.45) is 5.70. The summed E-state index contributed by atoms with van der Waals surface area (Å²) in [5.41, 5.74) is 4.94. The second kappa shape index (κ2) is 8.61. The van der Waals surface area contributed by atoms with Crippen molar-refractivity contribution in [1.82, 2.24) is 16.2 Å². The highest BCUT2D eigenvalue weighted by Crippen LogP contribution is 2.18. The highest BCUT2D eigenvalue weighted by molar-refractivity contribution is 7.80. The van der Waals surface area contributed by atoms with Gasteiger partial charge in [-0.15, -0.1) is 0 Å². The average Bonchev–Trinajstić information content (AvgIpc) is 2.53. The largest absolute Gasteiger partial charge is 0.481 e. The van der Waals surface area contributed by atoms with E-state index in [9.17, 15) is 13.6 Å². The smallest absolute Gasteiger partial charge is 0.276 e. The topological polar surface area (TPSA) is 62.4 Å². The maximum absolute atomic E-state index is 13.3. The highest BCUT2D eigenvalue weighted by atomic mass is 32.1. The molecule has 3 N–H and O–H groups in total. The molecule has 2 rings (SSSR count). The van der Waals surface area contributed by atoms with Crippen molar-refractivity contribution in [1.29, 1.82) is 0 Å². The van der Waals surface area contributed by atoms with E-state index in [1.807, 2.05) is 0 Å². The molecule has 126 valence electrons. The lowest BCUT2D eigenvalue weighted by Crippen LogP contribution is -2.51. The van der Waals surface area contributed by atoms with Gasteiger partial charge < -0.3 is 10.1 Å². The van der Waals surface area contributed by atoms with Crippen molar-refractivity contribution in [2.24, 2.45) is 0 Å². The van der Waals surface area contributed by atoms with Crippen LogP contribution in [0, 0.1) is 11.6 Å². The molecular weight excluding hydrogens is 324 g/mol. The summed E-state index contributed by atoms with van der Waals surface area (Å²) in [6, 6.07) is 3.19. The zero-order chi connectivity index (χ0) is 16.7. The summed E-state index contributed by atoms with van der Waals surface area (Å²) < 4.78 is 31.1. The molecule has 5 nitrogen and oxygen atoms in total. The standard InChI is InChI=1S/C15H19F2N3O2S/c16-10-6-7-13(12(17)8-10)22-9-14(21)19-20-15(23)18-11-4-2-1-3-5-11/h6-8,11H,1-5,9H2,(H,19,21)(H2,18,20,23). The van der Waals surface area contributed by atoms with Crippen LogP contribution < -0.4 is 20.9 Å². The predicted molar refractivity (Wildman–Crippen MR) is 85.7 cm³/mol. The van der Waals surface area contributed by atoms with Crippen molar-refractivity contribution < 1.29 is 18.3 Å². The van der Waals surface area contributed by atoms with Gasteiger partial charge in [-0.3, -0.25) is 15.6 Å². The van der Waals surface area contributed by atoms with Crippen molar-refractivity contribution in [3.05, 3.63) is 29.8 Å². The van der Waals surface area contributed by atoms with Gasteiger partial charge in [0.2, 0.25) is 0 Å². The van der Waals surface area contributed by atoms with Crippen LogP contribution in [0.2, 0.25) is 0 Å². The molecule has 1 aromatic rings. The number of amides is 1. The number of hydrogen-bond acceptors (Lipinski definition) is 3. The van der Waals surface area contributed by atoms with Gasteiger partial charge in [0.25, 0.3) is 5.91 Å². The van der Waals surface area contributed by atoms with Gasteiger partial charge >= 0.3 is 0 Å². The van der Waals surface area contributed by atoms with Gasteiger partial charge in [0.05, 0.1) is 0 Å². The van der Waals surface area contributed by atoms with Gasteiger partial charge in [-0.1, -0.05) is 19.3 Å². The third kappa shape index (κ3) is 5.97. The molecule has 0 spiro atoms. The Morgan fingerprint density at radius 2 is 1.96 bits per heavy atom. The summed E-state index contributed by atoms with van der Waals surface area (Å²) >= 11 is 5.09. The normalized spacial score (nSPS) is 14.9. The van der Waals surface area contributed by atoms with E-state index in [1.54, 1.807) is 0 Å². The van der Waals surface area contributed by atoms with E-state index in [4.69, 9.17) is 17.0 Å². The molecule has 1 saturated carbocycles. The van der Waals surface area contributed by atoms with Crippen LogP contribution in [0.25, 0.3) is 0 Å². The Morgan fingerprint density at radius 1 is 1.22 bits per heavy atom. The van der Waals surface area contributed by atoms with Crippen LogP contribution in [0.15, 0.2) is 18.2 Å². The van der Waals surface area contributed by atoms with Crippen LogP contribution >= 0.6 is 12.2 Å². The molecule has 23 heavy (non-hydrogen) atoms. The number of carbonyl (C=O) groups is 1. The van der Waals surface area contributed by atoms with E-state index in [0.29, 0.717) is 17.2 Å². The highest BCUT2D eigenvalue weighted by Gasteiger charge is 2.14. The van der Waals surface area contributed by atoms with Gasteiger partial charge in [-0.2, -0.15) is 0 Å². The van der Waals surface area contributed by atoms with E-state index in [0.717, 1.165) is 25.0 Å². The first-order chi connectivity index (χ1) is 11.0. The molecule has 0 saturated heterocycles. The minimum atomic E-state index is -0.861. The lowest BCUT2D eigenvalue weighted by Gasteiger charge is -2.24. The van der Waals surface area contributed by atoms with E-state index in [1.165, 1.54) is 19.3 Å². The Hall–Kier alpha value is -1.96. The number of halogens is 2. The van der Waals surface area contributed by atoms with Crippen LogP contribution in [-0.2, 0) is 4.79 Å². The van der Waals surface area contributed by atoms with Gasteiger partial charge in [-0.25, -0.2) is 8.78 Å². The van der Waals surface area contributed by atoms with Crippen molar-refractivity contribution in [3.63, 3.8) is 0 Å². The SMILES string of the molecule is O=C(COc1ccc(F)cc1F)NNC(=S)NC1CCCCC1. The summed E-state index contributed by atoms with van der Waals surface area (Å²) in [5, 5.41) is 3.46. The average molecular weight is 343 g/mol. The number of nitrogens with one attached hydrogen (secondary N) is 3.